The van der Waals surface area contributed by atoms with Crippen molar-refractivity contribution >= 4 is 17.7 Å². The molecule has 1 unspecified atom stereocenters. The number of amides is 1. The number of aromatic nitrogens is 1. The molecule has 102 valence electrons. The number of rotatable bonds is 5. The van der Waals surface area contributed by atoms with Gasteiger partial charge < -0.3 is 10.4 Å². The van der Waals surface area contributed by atoms with Crippen LogP contribution in [0.2, 0.25) is 0 Å². The average Bonchev–Trinajstić information content (AvgIpc) is 2.45. The Morgan fingerprint density at radius 2 is 2.37 bits per heavy atom. The second kappa shape index (κ2) is 8.57. The number of aliphatic hydroxyl groups excluding tert-OH is 1. The van der Waals surface area contributed by atoms with Crippen LogP contribution >= 0.6 is 11.8 Å². The topological polar surface area (TPSA) is 62.2 Å². The first-order chi connectivity index (χ1) is 9.21. The van der Waals surface area contributed by atoms with Crippen LogP contribution in [0, 0.1) is 11.8 Å². The molecule has 2 N–H and O–H groups in total. The van der Waals surface area contributed by atoms with E-state index in [1.807, 2.05) is 13.2 Å². The van der Waals surface area contributed by atoms with E-state index in [-0.39, 0.29) is 18.6 Å². The average molecular weight is 278 g/mol. The third kappa shape index (κ3) is 5.33. The molecule has 0 bridgehead atoms. The molecule has 5 heteroatoms. The molecular formula is C14H18N2O2S. The van der Waals surface area contributed by atoms with Crippen molar-refractivity contribution in [2.75, 3.05) is 18.6 Å². The van der Waals surface area contributed by atoms with Gasteiger partial charge in [0.05, 0.1) is 0 Å². The predicted molar refractivity (Wildman–Crippen MR) is 78.1 cm³/mol. The third-order valence-corrected chi connectivity index (χ3v) is 3.24. The van der Waals surface area contributed by atoms with Gasteiger partial charge in [-0.1, -0.05) is 18.8 Å². The molecule has 1 aromatic rings. The number of pyridine rings is 1. The maximum Gasteiger partial charge on any atom is 0.270 e. The number of aliphatic hydroxyl groups is 1. The van der Waals surface area contributed by atoms with Crippen LogP contribution in [0.5, 0.6) is 0 Å². The first-order valence-corrected chi connectivity index (χ1v) is 7.46. The van der Waals surface area contributed by atoms with Crippen LogP contribution in [0.4, 0.5) is 0 Å². The lowest BCUT2D eigenvalue weighted by molar-refractivity contribution is 0.0935. The van der Waals surface area contributed by atoms with E-state index in [4.69, 9.17) is 5.11 Å². The summed E-state index contributed by atoms with van der Waals surface area (Å²) in [5.41, 5.74) is 1.07. The van der Waals surface area contributed by atoms with E-state index in [0.717, 1.165) is 12.2 Å². The summed E-state index contributed by atoms with van der Waals surface area (Å²) in [4.78, 5) is 16.0. The van der Waals surface area contributed by atoms with Gasteiger partial charge in [0.15, 0.2) is 0 Å². The highest BCUT2D eigenvalue weighted by atomic mass is 32.2. The highest BCUT2D eigenvalue weighted by Gasteiger charge is 2.12. The molecule has 1 rings (SSSR count). The van der Waals surface area contributed by atoms with Crippen molar-refractivity contribution in [1.82, 2.24) is 10.3 Å². The van der Waals surface area contributed by atoms with Crippen LogP contribution in [-0.2, 0) is 0 Å². The quantitative estimate of drug-likeness (QED) is 0.797. The van der Waals surface area contributed by atoms with Crippen LogP contribution in [0.1, 0.15) is 29.4 Å². The predicted octanol–water partition coefficient (Wildman–Crippen LogP) is 1.30. The van der Waals surface area contributed by atoms with E-state index < -0.39 is 0 Å². The Balaban J connectivity index is 2.67. The molecule has 0 saturated carbocycles. The van der Waals surface area contributed by atoms with Gasteiger partial charge in [0, 0.05) is 23.6 Å². The number of nitrogens with one attached hydrogen (secondary N) is 1. The van der Waals surface area contributed by atoms with E-state index in [9.17, 15) is 4.79 Å². The number of nitrogens with zero attached hydrogens (tertiary/aromatic N) is 1. The van der Waals surface area contributed by atoms with E-state index in [1.54, 1.807) is 23.9 Å². The molecule has 0 aromatic carbocycles. The molecular weight excluding hydrogens is 260 g/mol. The molecule has 0 aliphatic heterocycles. The highest BCUT2D eigenvalue weighted by molar-refractivity contribution is 7.98. The molecule has 0 radical (unpaired) electrons. The smallest absolute Gasteiger partial charge is 0.270 e. The van der Waals surface area contributed by atoms with Crippen LogP contribution in [0.15, 0.2) is 18.3 Å². The molecule has 1 atom stereocenters. The summed E-state index contributed by atoms with van der Waals surface area (Å²) in [6.45, 7) is 1.86. The monoisotopic (exact) mass is 278 g/mol. The fraction of sp³-hybridized carbons (Fsp3) is 0.429. The number of thioether (sulfide) groups is 1. The number of carbonyl (C=O) groups excluding carboxylic acids is 1. The molecule has 4 nitrogen and oxygen atoms in total. The van der Waals surface area contributed by atoms with E-state index in [0.29, 0.717) is 11.3 Å². The third-order valence-electron chi connectivity index (χ3n) is 2.50. The van der Waals surface area contributed by atoms with Gasteiger partial charge >= 0.3 is 0 Å². The lowest BCUT2D eigenvalue weighted by atomic mass is 10.2. The van der Waals surface area contributed by atoms with Gasteiger partial charge in [-0.15, -0.1) is 0 Å². The number of hydrogen-bond donors (Lipinski definition) is 2. The van der Waals surface area contributed by atoms with Crippen LogP contribution < -0.4 is 5.32 Å². The molecule has 0 aliphatic carbocycles. The Morgan fingerprint density at radius 1 is 1.58 bits per heavy atom. The van der Waals surface area contributed by atoms with Gasteiger partial charge in [0.1, 0.15) is 12.3 Å². The van der Waals surface area contributed by atoms with Gasteiger partial charge in [0.2, 0.25) is 0 Å². The first kappa shape index (κ1) is 15.5. The van der Waals surface area contributed by atoms with Crippen LogP contribution in [0.3, 0.4) is 0 Å². The molecule has 1 aromatic heterocycles. The minimum atomic E-state index is -0.185. The van der Waals surface area contributed by atoms with Crippen molar-refractivity contribution in [3.05, 3.63) is 29.6 Å². The molecule has 0 saturated heterocycles. The maximum atomic E-state index is 12.0. The second-order valence-electron chi connectivity index (χ2n) is 3.93. The summed E-state index contributed by atoms with van der Waals surface area (Å²) < 4.78 is 0. The zero-order valence-electron chi connectivity index (χ0n) is 11.1. The fourth-order valence-electron chi connectivity index (χ4n) is 1.47. The van der Waals surface area contributed by atoms with Crippen LogP contribution in [-0.4, -0.2) is 40.7 Å². The summed E-state index contributed by atoms with van der Waals surface area (Å²) in [6.07, 6.45) is 4.45. The van der Waals surface area contributed by atoms with Crippen LogP contribution in [0.25, 0.3) is 0 Å². The van der Waals surface area contributed by atoms with Crippen molar-refractivity contribution < 1.29 is 9.90 Å². The van der Waals surface area contributed by atoms with E-state index in [1.165, 1.54) is 6.20 Å². The van der Waals surface area contributed by atoms with Crippen molar-refractivity contribution in [2.24, 2.45) is 0 Å². The summed E-state index contributed by atoms with van der Waals surface area (Å²) in [5, 5.41) is 11.5. The first-order valence-electron chi connectivity index (χ1n) is 6.06. The maximum absolute atomic E-state index is 12.0. The normalized spacial score (nSPS) is 11.3. The molecule has 19 heavy (non-hydrogen) atoms. The zero-order chi connectivity index (χ0) is 14.1. The van der Waals surface area contributed by atoms with Gasteiger partial charge in [-0.05, 0) is 24.8 Å². The van der Waals surface area contributed by atoms with E-state index >= 15 is 0 Å². The minimum absolute atomic E-state index is 0.164. The summed E-state index contributed by atoms with van der Waals surface area (Å²) >= 11 is 1.71. The second-order valence-corrected chi connectivity index (χ2v) is 4.84. The Morgan fingerprint density at radius 3 is 2.89 bits per heavy atom. The standard InChI is InChI=1S/C14H18N2O2S/c1-3-12(10-19-2)16-14(18)13-7-6-11(9-15-13)5-4-8-17/h6-7,9,12,17H,3,8,10H2,1-2H3,(H,16,18). The van der Waals surface area contributed by atoms with Gasteiger partial charge in [-0.3, -0.25) is 4.79 Å². The molecule has 1 heterocycles. The molecule has 1 amide bonds. The lowest BCUT2D eigenvalue weighted by Crippen LogP contribution is -2.36. The minimum Gasteiger partial charge on any atom is -0.384 e. The Kier molecular flexibility index (Phi) is 7.01. The van der Waals surface area contributed by atoms with Crippen molar-refractivity contribution in [3.8, 4) is 11.8 Å². The molecule has 0 aliphatic rings. The fourth-order valence-corrected chi connectivity index (χ4v) is 2.19. The van der Waals surface area contributed by atoms with Gasteiger partial charge in [-0.25, -0.2) is 4.98 Å². The summed E-state index contributed by atoms with van der Waals surface area (Å²) in [7, 11) is 0. The zero-order valence-corrected chi connectivity index (χ0v) is 12.0. The lowest BCUT2D eigenvalue weighted by Gasteiger charge is -2.15. The van der Waals surface area contributed by atoms with Crippen molar-refractivity contribution in [1.29, 1.82) is 0 Å². The Bertz CT molecular complexity index is 463. The molecule has 0 spiro atoms. The van der Waals surface area contributed by atoms with Gasteiger partial charge in [-0.2, -0.15) is 11.8 Å². The summed E-state index contributed by atoms with van der Waals surface area (Å²) in [5.74, 6) is 6.00. The Labute approximate surface area is 118 Å². The molecule has 0 fully saturated rings. The van der Waals surface area contributed by atoms with Crippen molar-refractivity contribution in [3.63, 3.8) is 0 Å². The highest BCUT2D eigenvalue weighted by Crippen LogP contribution is 2.04. The van der Waals surface area contributed by atoms with Crippen molar-refractivity contribution in [2.45, 2.75) is 19.4 Å². The number of carbonyl (C=O) groups is 1. The van der Waals surface area contributed by atoms with E-state index in [2.05, 4.69) is 22.1 Å². The van der Waals surface area contributed by atoms with Gasteiger partial charge in [0.25, 0.3) is 5.91 Å². The Hall–Kier alpha value is -1.51. The SMILES string of the molecule is CCC(CSC)NC(=O)c1ccc(C#CCO)cn1. The summed E-state index contributed by atoms with van der Waals surface area (Å²) in [6, 6.07) is 3.53. The largest absolute Gasteiger partial charge is 0.384 e. The number of hydrogen-bond acceptors (Lipinski definition) is 4.